The van der Waals surface area contributed by atoms with Crippen LogP contribution < -0.4 is 10.5 Å². The normalized spacial score (nSPS) is 14.5. The van der Waals surface area contributed by atoms with Gasteiger partial charge in [-0.1, -0.05) is 92.4 Å². The van der Waals surface area contributed by atoms with Crippen molar-refractivity contribution in [1.82, 2.24) is 4.72 Å². The van der Waals surface area contributed by atoms with Crippen molar-refractivity contribution in [1.29, 1.82) is 5.26 Å². The lowest BCUT2D eigenvalue weighted by Crippen LogP contribution is -2.20. The van der Waals surface area contributed by atoms with Gasteiger partial charge in [-0.2, -0.15) is 18.4 Å². The van der Waals surface area contributed by atoms with E-state index in [1.165, 1.54) is 30.3 Å². The Bertz CT molecular complexity index is 1240. The average Bonchev–Trinajstić information content (AvgIpc) is 2.95. The summed E-state index contributed by atoms with van der Waals surface area (Å²) >= 11 is 1.59. The largest absolute Gasteiger partial charge is 0.417 e. The zero-order valence-electron chi connectivity index (χ0n) is 22.3. The van der Waals surface area contributed by atoms with Crippen molar-refractivity contribution in [3.63, 3.8) is 0 Å². The van der Waals surface area contributed by atoms with Crippen LogP contribution in [-0.2, 0) is 19.1 Å². The summed E-state index contributed by atoms with van der Waals surface area (Å²) in [6.45, 7) is 3.94. The van der Waals surface area contributed by atoms with Gasteiger partial charge in [0.2, 0.25) is 0 Å². The predicted molar refractivity (Wildman–Crippen MR) is 156 cm³/mol. The van der Waals surface area contributed by atoms with Gasteiger partial charge in [0.05, 0.1) is 17.2 Å². The zero-order chi connectivity index (χ0) is 28.3. The van der Waals surface area contributed by atoms with E-state index in [9.17, 15) is 18.4 Å². The molecule has 1 aliphatic carbocycles. The first-order valence-electron chi connectivity index (χ1n) is 13.2. The van der Waals surface area contributed by atoms with E-state index in [2.05, 4.69) is 59.5 Å². The van der Waals surface area contributed by atoms with Crippen molar-refractivity contribution in [2.24, 2.45) is 11.7 Å². The maximum Gasteiger partial charge on any atom is 0.417 e. The molecule has 0 spiro atoms. The van der Waals surface area contributed by atoms with Gasteiger partial charge >= 0.3 is 6.18 Å². The number of benzene rings is 3. The molecule has 1 fully saturated rings. The van der Waals surface area contributed by atoms with Crippen LogP contribution in [0, 0.1) is 17.2 Å². The van der Waals surface area contributed by atoms with Crippen LogP contribution in [0.1, 0.15) is 65.8 Å². The molecule has 3 N–H and O–H groups in total. The number of halogens is 3. The van der Waals surface area contributed by atoms with Crippen molar-refractivity contribution in [2.45, 2.75) is 57.2 Å². The number of alkyl halides is 3. The molecule has 4 rings (SSSR count). The summed E-state index contributed by atoms with van der Waals surface area (Å²) in [6, 6.07) is 22.8. The fraction of sp³-hybridized carbons (Fsp3) is 0.344. The number of nitrogens with zero attached hydrogens (tertiary/aromatic N) is 1. The van der Waals surface area contributed by atoms with E-state index in [1.807, 2.05) is 12.3 Å². The Morgan fingerprint density at radius 3 is 2.33 bits per heavy atom. The van der Waals surface area contributed by atoms with Crippen molar-refractivity contribution >= 4 is 11.9 Å². The Hall–Kier alpha value is -3.21. The van der Waals surface area contributed by atoms with Gasteiger partial charge in [0, 0.05) is 6.54 Å². The number of hydrogen-bond donors (Lipinski definition) is 2. The lowest BCUT2D eigenvalue weighted by molar-refractivity contribution is -0.137. The van der Waals surface area contributed by atoms with Crippen LogP contribution in [0.15, 0.2) is 79.5 Å². The molecule has 0 aromatic heterocycles. The van der Waals surface area contributed by atoms with Crippen molar-refractivity contribution in [3.8, 4) is 17.2 Å². The highest BCUT2D eigenvalue weighted by Gasteiger charge is 2.35. The Morgan fingerprint density at radius 2 is 1.72 bits per heavy atom. The Kier molecular flexibility index (Phi) is 11.5. The fourth-order valence-electron chi connectivity index (χ4n) is 5.32. The molecule has 0 bridgehead atoms. The summed E-state index contributed by atoms with van der Waals surface area (Å²) in [7, 11) is 0. The highest BCUT2D eigenvalue weighted by molar-refractivity contribution is 7.96. The molecule has 1 atom stereocenters. The Labute approximate surface area is 234 Å². The minimum Gasteiger partial charge on any atom is -0.405 e. The maximum atomic E-state index is 13.7. The molecule has 3 nitrogen and oxygen atoms in total. The Balaban J connectivity index is 0.00000134. The molecule has 0 aliphatic heterocycles. The minimum absolute atomic E-state index is 0.0191. The zero-order valence-corrected chi connectivity index (χ0v) is 23.1. The molecule has 3 aromatic rings. The van der Waals surface area contributed by atoms with E-state index in [-0.39, 0.29) is 11.5 Å². The number of rotatable bonds is 8. The van der Waals surface area contributed by atoms with Crippen LogP contribution in [0.25, 0.3) is 11.1 Å². The van der Waals surface area contributed by atoms with Crippen LogP contribution in [0.3, 0.4) is 0 Å². The van der Waals surface area contributed by atoms with Gasteiger partial charge in [-0.15, -0.1) is 0 Å². The maximum absolute atomic E-state index is 13.7. The molecular weight excluding hydrogens is 515 g/mol. The van der Waals surface area contributed by atoms with E-state index in [0.29, 0.717) is 17.9 Å². The number of nitrogens with two attached hydrogens (primary N) is 1. The number of nitrogens with one attached hydrogen (secondary N) is 1. The number of nitriles is 1. The summed E-state index contributed by atoms with van der Waals surface area (Å²) < 4.78 is 44.4. The second-order valence-corrected chi connectivity index (χ2v) is 10.5. The van der Waals surface area contributed by atoms with E-state index in [0.717, 1.165) is 48.9 Å². The highest BCUT2D eigenvalue weighted by atomic mass is 32.2. The summed E-state index contributed by atoms with van der Waals surface area (Å²) in [4.78, 5) is 0. The van der Waals surface area contributed by atoms with Gasteiger partial charge in [0.15, 0.2) is 0 Å². The second kappa shape index (κ2) is 14.8. The smallest absolute Gasteiger partial charge is 0.405 e. The first kappa shape index (κ1) is 30.3. The van der Waals surface area contributed by atoms with E-state index in [1.54, 1.807) is 24.1 Å². The highest BCUT2D eigenvalue weighted by Crippen LogP contribution is 2.41. The lowest BCUT2D eigenvalue weighted by Gasteiger charge is -2.31. The SMILES string of the molecule is C=CN.CSNCc1ccc(-c2cccc(CC(c3ccc(C#N)c(C(F)(F)F)c3)C3CCCCC3)c2)cc1. The first-order valence-corrected chi connectivity index (χ1v) is 14.4. The topological polar surface area (TPSA) is 61.8 Å². The summed E-state index contributed by atoms with van der Waals surface area (Å²) in [5, 5.41) is 9.24. The minimum atomic E-state index is -4.55. The molecule has 0 radical (unpaired) electrons. The molecule has 206 valence electrons. The predicted octanol–water partition coefficient (Wildman–Crippen LogP) is 8.61. The molecule has 3 aromatic carbocycles. The van der Waals surface area contributed by atoms with Gasteiger partial charge in [0.1, 0.15) is 0 Å². The van der Waals surface area contributed by atoms with Gasteiger partial charge in [-0.05, 0) is 83.5 Å². The standard InChI is InChI=1S/C30H31F3N2S.C2H5N/c1-36-35-20-21-10-12-23(13-11-21)25-9-5-6-22(16-25)17-28(24-7-3-2-4-8-24)26-14-15-27(19-34)29(18-26)30(31,32)33;1-2-3/h5-6,9-16,18,24,28,35H,2-4,7-8,17,20H2,1H3;2H,1,3H2. The van der Waals surface area contributed by atoms with Crippen LogP contribution in [-0.4, -0.2) is 6.26 Å². The second-order valence-electron chi connectivity index (χ2n) is 9.78. The van der Waals surface area contributed by atoms with Crippen LogP contribution in [0.2, 0.25) is 0 Å². The summed E-state index contributed by atoms with van der Waals surface area (Å²) in [5.41, 5.74) is 8.72. The van der Waals surface area contributed by atoms with Crippen LogP contribution in [0.5, 0.6) is 0 Å². The lowest BCUT2D eigenvalue weighted by atomic mass is 9.73. The molecule has 0 amide bonds. The third-order valence-corrected chi connectivity index (χ3v) is 7.64. The Morgan fingerprint density at radius 1 is 1.03 bits per heavy atom. The molecule has 1 saturated carbocycles. The van der Waals surface area contributed by atoms with Crippen molar-refractivity contribution in [2.75, 3.05) is 6.26 Å². The molecular formula is C32H36F3N3S. The van der Waals surface area contributed by atoms with Crippen molar-refractivity contribution in [3.05, 3.63) is 107 Å². The first-order chi connectivity index (χ1) is 18.8. The third kappa shape index (κ3) is 8.64. The summed E-state index contributed by atoms with van der Waals surface area (Å²) in [5.74, 6) is 0.314. The van der Waals surface area contributed by atoms with E-state index in [4.69, 9.17) is 0 Å². The van der Waals surface area contributed by atoms with Gasteiger partial charge in [-0.3, -0.25) is 4.72 Å². The fourth-order valence-corrected chi connectivity index (χ4v) is 5.63. The molecule has 0 heterocycles. The summed E-state index contributed by atoms with van der Waals surface area (Å²) in [6.07, 6.45) is 4.84. The van der Waals surface area contributed by atoms with E-state index < -0.39 is 11.7 Å². The van der Waals surface area contributed by atoms with Crippen LogP contribution in [0.4, 0.5) is 13.2 Å². The van der Waals surface area contributed by atoms with Crippen LogP contribution >= 0.6 is 11.9 Å². The number of hydrogen-bond acceptors (Lipinski definition) is 4. The third-order valence-electron chi connectivity index (χ3n) is 7.21. The molecule has 7 heteroatoms. The molecule has 1 unspecified atom stereocenters. The molecule has 0 saturated heterocycles. The quantitative estimate of drug-likeness (QED) is 0.275. The average molecular weight is 552 g/mol. The molecule has 39 heavy (non-hydrogen) atoms. The van der Waals surface area contributed by atoms with Gasteiger partial charge in [0.25, 0.3) is 0 Å². The van der Waals surface area contributed by atoms with E-state index >= 15 is 0 Å². The monoisotopic (exact) mass is 551 g/mol. The van der Waals surface area contributed by atoms with Gasteiger partial charge in [-0.25, -0.2) is 0 Å². The molecule has 1 aliphatic rings. The van der Waals surface area contributed by atoms with Crippen molar-refractivity contribution < 1.29 is 13.2 Å². The van der Waals surface area contributed by atoms with Gasteiger partial charge < -0.3 is 5.73 Å².